The van der Waals surface area contributed by atoms with Crippen molar-refractivity contribution in [2.75, 3.05) is 20.1 Å². The Bertz CT molecular complexity index is 898. The average molecular weight is 440 g/mol. The molecule has 7 nitrogen and oxygen atoms in total. The lowest BCUT2D eigenvalue weighted by atomic mass is 9.92. The van der Waals surface area contributed by atoms with Crippen molar-refractivity contribution in [1.82, 2.24) is 24.9 Å². The van der Waals surface area contributed by atoms with Crippen LogP contribution in [0.4, 0.5) is 4.79 Å². The number of amides is 3. The van der Waals surface area contributed by atoms with Crippen LogP contribution >= 0.6 is 0 Å². The van der Waals surface area contributed by atoms with E-state index in [9.17, 15) is 9.59 Å². The number of rotatable bonds is 3. The maximum absolute atomic E-state index is 13.8. The number of nitrogens with zero attached hydrogens (tertiary/aromatic N) is 4. The van der Waals surface area contributed by atoms with Gasteiger partial charge < -0.3 is 4.90 Å². The predicted octanol–water partition coefficient (Wildman–Crippen LogP) is 2.87. The van der Waals surface area contributed by atoms with Gasteiger partial charge in [0.15, 0.2) is 0 Å². The molecule has 3 amide bonds. The smallest absolute Gasteiger partial charge is 0.310 e. The topological polar surface area (TPSA) is 59.1 Å². The molecule has 0 aromatic heterocycles. The van der Waals surface area contributed by atoms with Gasteiger partial charge in [0.25, 0.3) is 5.91 Å². The lowest BCUT2D eigenvalue weighted by molar-refractivity contribution is -0.142. The summed E-state index contributed by atoms with van der Waals surface area (Å²) in [5, 5.41) is 3.69. The summed E-state index contributed by atoms with van der Waals surface area (Å²) >= 11 is 0. The Morgan fingerprint density at radius 2 is 1.75 bits per heavy atom. The molecule has 3 heterocycles. The number of urea groups is 1. The van der Waals surface area contributed by atoms with Gasteiger partial charge in [-0.05, 0) is 43.7 Å². The van der Waals surface area contributed by atoms with Gasteiger partial charge in [-0.25, -0.2) is 4.79 Å². The van der Waals surface area contributed by atoms with E-state index >= 15 is 0 Å². The van der Waals surface area contributed by atoms with Crippen molar-refractivity contribution in [1.29, 1.82) is 0 Å². The van der Waals surface area contributed by atoms with Crippen molar-refractivity contribution in [2.45, 2.75) is 84.0 Å². The van der Waals surface area contributed by atoms with E-state index in [1.54, 1.807) is 4.90 Å². The van der Waals surface area contributed by atoms with Gasteiger partial charge in [-0.2, -0.15) is 0 Å². The van der Waals surface area contributed by atoms with Crippen LogP contribution in [0.3, 0.4) is 0 Å². The third kappa shape index (κ3) is 3.64. The van der Waals surface area contributed by atoms with Crippen LogP contribution in [0.2, 0.25) is 0 Å². The number of hydrogen-bond donors (Lipinski definition) is 1. The molecule has 1 aromatic carbocycles. The fraction of sp³-hybridized carbons (Fsp3) is 0.680. The highest BCUT2D eigenvalue weighted by Gasteiger charge is 2.57. The normalized spacial score (nSPS) is 32.4. The third-order valence-electron chi connectivity index (χ3n) is 8.00. The number of carbonyl (C=O) groups excluding carboxylic acids is 2. The minimum atomic E-state index is -0.332. The highest BCUT2D eigenvalue weighted by atomic mass is 16.2. The summed E-state index contributed by atoms with van der Waals surface area (Å²) in [6, 6.07) is 6.25. The van der Waals surface area contributed by atoms with Gasteiger partial charge in [-0.1, -0.05) is 49.9 Å². The molecular weight excluding hydrogens is 402 g/mol. The number of aryl methyl sites for hydroxylation is 2. The first-order chi connectivity index (χ1) is 15.3. The lowest BCUT2D eigenvalue weighted by Gasteiger charge is -2.48. The predicted molar refractivity (Wildman–Crippen MR) is 124 cm³/mol. The maximum Gasteiger partial charge on any atom is 0.328 e. The zero-order valence-corrected chi connectivity index (χ0v) is 19.9. The zero-order chi connectivity index (χ0) is 22.6. The summed E-state index contributed by atoms with van der Waals surface area (Å²) < 4.78 is 0. The van der Waals surface area contributed by atoms with E-state index in [1.165, 1.54) is 37.0 Å². The van der Waals surface area contributed by atoms with Crippen LogP contribution in [0.5, 0.6) is 0 Å². The van der Waals surface area contributed by atoms with Crippen LogP contribution in [0, 0.1) is 19.8 Å². The van der Waals surface area contributed by atoms with Crippen LogP contribution in [0.1, 0.15) is 55.7 Å². The number of nitrogens with one attached hydrogen (secondary N) is 1. The van der Waals surface area contributed by atoms with Gasteiger partial charge in [-0.3, -0.25) is 24.8 Å². The van der Waals surface area contributed by atoms with Crippen molar-refractivity contribution >= 4 is 11.9 Å². The number of fused-ring (bicyclic) bond motifs is 3. The first-order valence-electron chi connectivity index (χ1n) is 12.3. The molecule has 5 rings (SSSR count). The molecule has 4 unspecified atom stereocenters. The SMILES string of the molecule is Cc1ccc(C)c(CN2C(=O)C3C(NC4N(C5CCCCC5)CC(C)CN34)N(C)C2=O)c1. The molecule has 32 heavy (non-hydrogen) atoms. The summed E-state index contributed by atoms with van der Waals surface area (Å²) in [5.74, 6) is 0.434. The Labute approximate surface area is 191 Å². The average Bonchev–Trinajstić information content (AvgIpc) is 3.17. The van der Waals surface area contributed by atoms with Crippen molar-refractivity contribution in [3.05, 3.63) is 34.9 Å². The number of likely N-dealkylation sites (N-methyl/N-ethyl adjacent to an activating group) is 1. The molecule has 1 aliphatic carbocycles. The standard InChI is InChI=1S/C25H37N5O2/c1-16-10-11-18(3)19(12-16)15-30-23(31)21-22(27(4)25(30)32)26-24-28(13-17(2)14-29(21)24)20-8-6-5-7-9-20/h10-12,17,20-22,24,26H,5-9,13-15H2,1-4H3. The van der Waals surface area contributed by atoms with Crippen LogP contribution in [-0.2, 0) is 11.3 Å². The van der Waals surface area contributed by atoms with Crippen LogP contribution in [0.15, 0.2) is 18.2 Å². The molecule has 3 saturated heterocycles. The molecule has 7 heteroatoms. The first kappa shape index (κ1) is 21.9. The van der Waals surface area contributed by atoms with E-state index in [0.717, 1.165) is 29.8 Å². The fourth-order valence-electron chi connectivity index (χ4n) is 6.26. The van der Waals surface area contributed by atoms with Crippen molar-refractivity contribution in [3.8, 4) is 0 Å². The first-order valence-corrected chi connectivity index (χ1v) is 12.3. The Kier molecular flexibility index (Phi) is 5.76. The molecule has 4 atom stereocenters. The highest BCUT2D eigenvalue weighted by Crippen LogP contribution is 2.36. The van der Waals surface area contributed by atoms with Crippen molar-refractivity contribution < 1.29 is 9.59 Å². The number of imide groups is 1. The summed E-state index contributed by atoms with van der Waals surface area (Å²) in [6.07, 6.45) is 6.13. The molecule has 1 saturated carbocycles. The summed E-state index contributed by atoms with van der Waals surface area (Å²) in [4.78, 5) is 35.2. The van der Waals surface area contributed by atoms with Gasteiger partial charge in [0.2, 0.25) is 0 Å². The summed E-state index contributed by atoms with van der Waals surface area (Å²) in [7, 11) is 1.84. The molecule has 0 radical (unpaired) electrons. The maximum atomic E-state index is 13.8. The van der Waals surface area contributed by atoms with Crippen molar-refractivity contribution in [3.63, 3.8) is 0 Å². The molecule has 1 N–H and O–H groups in total. The summed E-state index contributed by atoms with van der Waals surface area (Å²) in [5.41, 5.74) is 3.29. The van der Waals surface area contributed by atoms with E-state index in [4.69, 9.17) is 0 Å². The molecule has 0 bridgehead atoms. The van der Waals surface area contributed by atoms with E-state index in [1.807, 2.05) is 20.9 Å². The second kappa shape index (κ2) is 8.43. The molecule has 0 spiro atoms. The molecule has 4 aliphatic rings. The summed E-state index contributed by atoms with van der Waals surface area (Å²) in [6.45, 7) is 8.64. The van der Waals surface area contributed by atoms with Gasteiger partial charge >= 0.3 is 6.03 Å². The molecule has 1 aromatic rings. The monoisotopic (exact) mass is 439 g/mol. The van der Waals surface area contributed by atoms with Crippen molar-refractivity contribution in [2.24, 2.45) is 5.92 Å². The zero-order valence-electron chi connectivity index (χ0n) is 19.9. The minimum absolute atomic E-state index is 0.0316. The highest BCUT2D eigenvalue weighted by molar-refractivity contribution is 6.00. The van der Waals surface area contributed by atoms with E-state index in [2.05, 4.69) is 40.2 Å². The molecule has 3 aliphatic heterocycles. The van der Waals surface area contributed by atoms with E-state index in [0.29, 0.717) is 18.5 Å². The van der Waals surface area contributed by atoms with Gasteiger partial charge in [0, 0.05) is 26.2 Å². The van der Waals surface area contributed by atoms with Gasteiger partial charge in [0.1, 0.15) is 18.5 Å². The van der Waals surface area contributed by atoms with Crippen LogP contribution in [-0.4, -0.2) is 76.2 Å². The second-order valence-corrected chi connectivity index (χ2v) is 10.5. The third-order valence-corrected chi connectivity index (χ3v) is 8.00. The Balaban J connectivity index is 1.43. The molecular formula is C25H37N5O2. The quantitative estimate of drug-likeness (QED) is 0.785. The number of benzene rings is 1. The Hall–Kier alpha value is -1.96. The van der Waals surface area contributed by atoms with E-state index in [-0.39, 0.29) is 30.4 Å². The number of hydrogen-bond acceptors (Lipinski definition) is 5. The second-order valence-electron chi connectivity index (χ2n) is 10.5. The van der Waals surface area contributed by atoms with Gasteiger partial charge in [-0.15, -0.1) is 0 Å². The van der Waals surface area contributed by atoms with E-state index < -0.39 is 0 Å². The van der Waals surface area contributed by atoms with Gasteiger partial charge in [0.05, 0.1) is 6.54 Å². The largest absolute Gasteiger partial charge is 0.328 e. The fourth-order valence-corrected chi connectivity index (χ4v) is 6.26. The Morgan fingerprint density at radius 3 is 2.50 bits per heavy atom. The lowest BCUT2D eigenvalue weighted by Crippen LogP contribution is -2.66. The van der Waals surface area contributed by atoms with Crippen LogP contribution in [0.25, 0.3) is 0 Å². The minimum Gasteiger partial charge on any atom is -0.310 e. The Morgan fingerprint density at radius 1 is 1.03 bits per heavy atom. The molecule has 4 fully saturated rings. The van der Waals surface area contributed by atoms with Crippen LogP contribution < -0.4 is 5.32 Å². The molecule has 174 valence electrons. The number of carbonyl (C=O) groups is 2.